The molecule has 1 aromatic carbocycles. The van der Waals surface area contributed by atoms with E-state index >= 15 is 0 Å². The third-order valence-corrected chi connectivity index (χ3v) is 4.46. The van der Waals surface area contributed by atoms with E-state index < -0.39 is 6.10 Å². The molecule has 0 aliphatic heterocycles. The molecule has 0 aromatic heterocycles. The van der Waals surface area contributed by atoms with Gasteiger partial charge in [0.25, 0.3) is 0 Å². The number of hydrogen-bond acceptors (Lipinski definition) is 4. The first-order valence-corrected chi connectivity index (χ1v) is 7.90. The van der Waals surface area contributed by atoms with Crippen molar-refractivity contribution >= 4 is 11.6 Å². The highest BCUT2D eigenvalue weighted by atomic mass is 35.5. The van der Waals surface area contributed by atoms with Gasteiger partial charge < -0.3 is 20.3 Å². The number of ether oxygens (including phenoxy) is 1. The Morgan fingerprint density at radius 3 is 2.67 bits per heavy atom. The largest absolute Gasteiger partial charge is 0.489 e. The van der Waals surface area contributed by atoms with E-state index in [0.29, 0.717) is 17.3 Å². The lowest BCUT2D eigenvalue weighted by Crippen LogP contribution is -2.40. The summed E-state index contributed by atoms with van der Waals surface area (Å²) in [6.07, 6.45) is 3.88. The van der Waals surface area contributed by atoms with Gasteiger partial charge in [0.15, 0.2) is 0 Å². The highest BCUT2D eigenvalue weighted by Gasteiger charge is 2.32. The second kappa shape index (κ2) is 7.99. The fraction of sp³-hybridized carbons (Fsp3) is 0.625. The second-order valence-corrected chi connectivity index (χ2v) is 6.30. The Morgan fingerprint density at radius 2 is 2.00 bits per heavy atom. The highest BCUT2D eigenvalue weighted by molar-refractivity contribution is 6.32. The summed E-state index contributed by atoms with van der Waals surface area (Å²) < 4.78 is 5.50. The summed E-state index contributed by atoms with van der Waals surface area (Å²) in [4.78, 5) is 0. The molecule has 118 valence electrons. The Morgan fingerprint density at radius 1 is 1.29 bits per heavy atom. The Hall–Kier alpha value is -0.810. The maximum atomic E-state index is 9.94. The zero-order valence-electron chi connectivity index (χ0n) is 12.2. The molecule has 1 atom stereocenters. The molecule has 0 radical (unpaired) electrons. The fourth-order valence-electron chi connectivity index (χ4n) is 2.83. The van der Waals surface area contributed by atoms with Crippen LogP contribution in [0, 0.1) is 5.41 Å². The summed E-state index contributed by atoms with van der Waals surface area (Å²) in [5.41, 5.74) is 0.00329. The van der Waals surface area contributed by atoms with Crippen LogP contribution in [0.3, 0.4) is 0 Å². The van der Waals surface area contributed by atoms with Crippen LogP contribution in [-0.2, 0) is 0 Å². The third-order valence-electron chi connectivity index (χ3n) is 4.15. The molecule has 1 fully saturated rings. The molecule has 1 aliphatic rings. The van der Waals surface area contributed by atoms with Crippen molar-refractivity contribution in [2.75, 3.05) is 26.3 Å². The van der Waals surface area contributed by atoms with Gasteiger partial charge in [-0.05, 0) is 25.0 Å². The van der Waals surface area contributed by atoms with E-state index in [4.69, 9.17) is 16.3 Å². The van der Waals surface area contributed by atoms with Crippen LogP contribution >= 0.6 is 11.6 Å². The van der Waals surface area contributed by atoms with Gasteiger partial charge in [-0.3, -0.25) is 0 Å². The Kier molecular flexibility index (Phi) is 6.30. The number of aliphatic hydroxyl groups excluding tert-OH is 2. The maximum absolute atomic E-state index is 9.94. The molecule has 1 unspecified atom stereocenters. The minimum Gasteiger partial charge on any atom is -0.489 e. The van der Waals surface area contributed by atoms with Crippen LogP contribution in [0.25, 0.3) is 0 Å². The molecule has 1 saturated carbocycles. The van der Waals surface area contributed by atoms with Crippen LogP contribution in [-0.4, -0.2) is 42.6 Å². The topological polar surface area (TPSA) is 61.7 Å². The summed E-state index contributed by atoms with van der Waals surface area (Å²) in [5.74, 6) is 0.584. The summed E-state index contributed by atoms with van der Waals surface area (Å²) in [7, 11) is 0. The van der Waals surface area contributed by atoms with Crippen LogP contribution in [0.15, 0.2) is 24.3 Å². The molecule has 21 heavy (non-hydrogen) atoms. The van der Waals surface area contributed by atoms with E-state index in [0.717, 1.165) is 19.4 Å². The van der Waals surface area contributed by atoms with Gasteiger partial charge in [-0.1, -0.05) is 36.6 Å². The predicted octanol–water partition coefficient (Wildman–Crippen LogP) is 2.22. The van der Waals surface area contributed by atoms with Gasteiger partial charge in [0.1, 0.15) is 18.5 Å². The van der Waals surface area contributed by atoms with E-state index in [1.807, 2.05) is 12.1 Å². The monoisotopic (exact) mass is 313 g/mol. The molecule has 0 saturated heterocycles. The van der Waals surface area contributed by atoms with Gasteiger partial charge in [-0.15, -0.1) is 0 Å². The number of para-hydroxylation sites is 1. The van der Waals surface area contributed by atoms with Crippen molar-refractivity contribution in [3.05, 3.63) is 29.3 Å². The van der Waals surface area contributed by atoms with Crippen molar-refractivity contribution in [1.29, 1.82) is 0 Å². The lowest BCUT2D eigenvalue weighted by molar-refractivity contribution is 0.0918. The molecule has 0 amide bonds. The van der Waals surface area contributed by atoms with Gasteiger partial charge in [0, 0.05) is 25.1 Å². The lowest BCUT2D eigenvalue weighted by Gasteiger charge is -2.27. The van der Waals surface area contributed by atoms with Crippen molar-refractivity contribution in [3.63, 3.8) is 0 Å². The van der Waals surface area contributed by atoms with Crippen LogP contribution in [0.2, 0.25) is 5.02 Å². The Balaban J connectivity index is 1.68. The molecule has 0 heterocycles. The van der Waals surface area contributed by atoms with Crippen molar-refractivity contribution in [3.8, 4) is 5.75 Å². The minimum atomic E-state index is -0.599. The molecule has 1 aromatic rings. The Bertz CT molecular complexity index is 435. The normalized spacial score (nSPS) is 18.6. The first-order valence-electron chi connectivity index (χ1n) is 7.52. The average Bonchev–Trinajstić information content (AvgIpc) is 2.96. The summed E-state index contributed by atoms with van der Waals surface area (Å²) in [5, 5.41) is 23.3. The average molecular weight is 314 g/mol. The fourth-order valence-corrected chi connectivity index (χ4v) is 3.02. The Labute approximate surface area is 131 Å². The van der Waals surface area contributed by atoms with E-state index in [-0.39, 0.29) is 18.6 Å². The SMILES string of the molecule is OCC1(CNCC(O)COc2ccccc2Cl)CCCC1. The predicted molar refractivity (Wildman–Crippen MR) is 83.8 cm³/mol. The number of nitrogens with one attached hydrogen (secondary N) is 1. The molecule has 1 aliphatic carbocycles. The highest BCUT2D eigenvalue weighted by Crippen LogP contribution is 2.36. The van der Waals surface area contributed by atoms with Gasteiger partial charge in [0.05, 0.1) is 5.02 Å². The van der Waals surface area contributed by atoms with Crippen LogP contribution in [0.4, 0.5) is 0 Å². The zero-order valence-corrected chi connectivity index (χ0v) is 13.0. The quantitative estimate of drug-likeness (QED) is 0.689. The first-order chi connectivity index (χ1) is 10.2. The smallest absolute Gasteiger partial charge is 0.138 e. The van der Waals surface area contributed by atoms with Gasteiger partial charge in [-0.25, -0.2) is 0 Å². The van der Waals surface area contributed by atoms with Gasteiger partial charge in [0.2, 0.25) is 0 Å². The van der Waals surface area contributed by atoms with Crippen molar-refractivity contribution in [2.45, 2.75) is 31.8 Å². The second-order valence-electron chi connectivity index (χ2n) is 5.89. The molecule has 5 heteroatoms. The number of halogens is 1. The van der Waals surface area contributed by atoms with Crippen molar-refractivity contribution < 1.29 is 14.9 Å². The molecule has 3 N–H and O–H groups in total. The summed E-state index contributed by atoms with van der Waals surface area (Å²) in [6.45, 7) is 1.61. The summed E-state index contributed by atoms with van der Waals surface area (Å²) in [6, 6.07) is 7.22. The van der Waals surface area contributed by atoms with Gasteiger partial charge >= 0.3 is 0 Å². The first kappa shape index (κ1) is 16.6. The van der Waals surface area contributed by atoms with Crippen LogP contribution < -0.4 is 10.1 Å². The zero-order chi connectivity index (χ0) is 15.1. The molecular formula is C16H24ClNO3. The van der Waals surface area contributed by atoms with Crippen molar-refractivity contribution in [2.24, 2.45) is 5.41 Å². The van der Waals surface area contributed by atoms with E-state index in [9.17, 15) is 10.2 Å². The third kappa shape index (κ3) is 4.85. The maximum Gasteiger partial charge on any atom is 0.138 e. The van der Waals surface area contributed by atoms with Gasteiger partial charge in [-0.2, -0.15) is 0 Å². The summed E-state index contributed by atoms with van der Waals surface area (Å²) >= 11 is 5.99. The molecule has 2 rings (SSSR count). The van der Waals surface area contributed by atoms with E-state index in [2.05, 4.69) is 5.32 Å². The van der Waals surface area contributed by atoms with E-state index in [1.54, 1.807) is 12.1 Å². The standard InChI is InChI=1S/C16H24ClNO3/c17-14-5-1-2-6-15(14)21-10-13(20)9-18-11-16(12-19)7-3-4-8-16/h1-2,5-6,13,18-20H,3-4,7-12H2. The lowest BCUT2D eigenvalue weighted by atomic mass is 9.87. The van der Waals surface area contributed by atoms with Crippen LogP contribution in [0.1, 0.15) is 25.7 Å². The number of aliphatic hydroxyl groups is 2. The number of hydrogen-bond donors (Lipinski definition) is 3. The molecule has 0 spiro atoms. The minimum absolute atomic E-state index is 0.00329. The number of rotatable bonds is 8. The van der Waals surface area contributed by atoms with Crippen molar-refractivity contribution in [1.82, 2.24) is 5.32 Å². The molecule has 0 bridgehead atoms. The van der Waals surface area contributed by atoms with E-state index in [1.165, 1.54) is 12.8 Å². The number of benzene rings is 1. The molecule has 4 nitrogen and oxygen atoms in total. The van der Waals surface area contributed by atoms with Crippen LogP contribution in [0.5, 0.6) is 5.75 Å². The molecular weight excluding hydrogens is 290 g/mol.